The molecule has 0 fully saturated rings. The second-order valence-corrected chi connectivity index (χ2v) is 16.0. The summed E-state index contributed by atoms with van der Waals surface area (Å²) in [6.07, 6.45) is 7.96. The molecule has 39 nitrogen and oxygen atoms in total. The van der Waals surface area contributed by atoms with Crippen LogP contribution in [0, 0.1) is 0 Å². The molecule has 0 atom stereocenters. The number of aromatic hydroxyl groups is 6. The number of ether oxygens (including phenoxy) is 3. The zero-order valence-electron chi connectivity index (χ0n) is 52.6. The van der Waals surface area contributed by atoms with Gasteiger partial charge in [0.25, 0.3) is 5.78 Å². The normalized spacial score (nSPS) is 8.77. The topological polar surface area (TPSA) is 723 Å². The van der Waals surface area contributed by atoms with E-state index in [0.29, 0.717) is 36.0 Å². The van der Waals surface area contributed by atoms with Gasteiger partial charge in [0.1, 0.15) is 17.7 Å². The van der Waals surface area contributed by atoms with Crippen molar-refractivity contribution >= 4 is 120 Å². The number of phenols is 6. The standard InChI is InChI=1S/C8H8O4.C8H8O3.C7H5NO4.C7H6O6.2C7H6O4.C6H5NO2.C6H8O4.C2H4S.2CO2.2CH4.2ClH.2H3N/c1-12-7-4-5(8(10)11)2-3-6(7)9;1-11-8-4-6(5-9)2-3-7(8)10;9-6(10)4-1-2-8-5(3-4)7(11)12;8-3-4(6(10)11)1-2-5(9)7(12)13;2*8-5-2-1-4(7(10)11)3-6(5)9;8-6(9)5-3-1-2-4-7-5;1-10-4-5(2-3-7)6(8)9;1-2-3;2*2-1-3;;;;;;/h2-4,9H,1H3,(H,10,11);2-5,10H,1H3;1-3H,(H,9,10)(H,11,12);1-3,8H,(H,10,11)(H,12,13);2*1-3,8-9H,(H,10,11);1-4H,(H,8,9);2-4,7H,1H3,(H,8,9);2H,1H3;;;2*1H4;2*1H;2*1H3/b;;;;;;;3-2+,5-4-;;;;;;;;;. The number of nitrogens with zero attached hydrogens (tertiary/aromatic N) is 2. The van der Waals surface area contributed by atoms with Crippen molar-refractivity contribution in [3.8, 4) is 46.0 Å². The van der Waals surface area contributed by atoms with Gasteiger partial charge in [0.2, 0.25) is 0 Å². The monoisotopic (exact) mass is 1530 g/mol. The van der Waals surface area contributed by atoms with Crippen molar-refractivity contribution in [3.63, 3.8) is 0 Å². The maximum absolute atomic E-state index is 10.4. The van der Waals surface area contributed by atoms with Gasteiger partial charge in [-0.2, -0.15) is 19.2 Å². The van der Waals surface area contributed by atoms with Gasteiger partial charge in [0, 0.05) is 18.0 Å². The number of aliphatic carboxylic acids is 3. The van der Waals surface area contributed by atoms with Crippen LogP contribution in [0.5, 0.6) is 46.0 Å². The summed E-state index contributed by atoms with van der Waals surface area (Å²) in [6, 6.07) is 21.9. The molecule has 4 aromatic carbocycles. The third kappa shape index (κ3) is 53.9. The number of carbonyl (C=O) groups excluding carboxylic acids is 6. The van der Waals surface area contributed by atoms with Crippen LogP contribution in [0.25, 0.3) is 0 Å². The van der Waals surface area contributed by atoms with E-state index in [2.05, 4.69) is 26.9 Å². The van der Waals surface area contributed by atoms with Crippen LogP contribution >= 0.6 is 37.0 Å². The molecule has 0 saturated carbocycles. The minimum Gasteiger partial charge on any atom is -0.516 e. The number of hydrogen-bond donors (Lipinski definition) is 19. The van der Waals surface area contributed by atoms with Crippen LogP contribution in [-0.2, 0) is 43.1 Å². The lowest BCUT2D eigenvalue weighted by Gasteiger charge is -2.02. The molecule has 2 heterocycles. The molecule has 6 rings (SSSR count). The number of aromatic carboxylic acids is 6. The Kier molecular flexibility index (Phi) is 74.0. The number of aldehydes is 1. The number of benzene rings is 4. The minimum absolute atomic E-state index is 0. The summed E-state index contributed by atoms with van der Waals surface area (Å²) >= 11 is 4.27. The number of aliphatic hydroxyl groups excluding tert-OH is 2. The van der Waals surface area contributed by atoms with Gasteiger partial charge in [-0.25, -0.2) is 53.1 Å². The van der Waals surface area contributed by atoms with Gasteiger partial charge in [0.05, 0.1) is 73.5 Å². The first-order valence-corrected chi connectivity index (χ1v) is 25.2. The number of ketones is 1. The molecular weight excluding hydrogens is 1460 g/mol. The van der Waals surface area contributed by atoms with Crippen molar-refractivity contribution in [3.05, 3.63) is 203 Å². The lowest BCUT2D eigenvalue weighted by Crippen LogP contribution is -2.09. The number of pyridine rings is 2. The van der Waals surface area contributed by atoms with Crippen molar-refractivity contribution in [2.24, 2.45) is 0 Å². The average Bonchev–Trinajstić information content (AvgIpc) is 0.879. The Morgan fingerprint density at radius 1 is 0.442 bits per heavy atom. The molecule has 2 aromatic heterocycles. The van der Waals surface area contributed by atoms with E-state index >= 15 is 0 Å². The molecule has 0 aliphatic rings. The van der Waals surface area contributed by atoms with E-state index in [4.69, 9.17) is 115 Å². The van der Waals surface area contributed by atoms with Gasteiger partial charge in [-0.05, 0) is 128 Å². The first-order chi connectivity index (χ1) is 46.0. The van der Waals surface area contributed by atoms with Crippen molar-refractivity contribution in [1.29, 1.82) is 0 Å². The fraction of sp³-hybridized carbons (Fsp3) is 0.0968. The highest BCUT2D eigenvalue weighted by Crippen LogP contribution is 2.28. The van der Waals surface area contributed by atoms with Crippen LogP contribution in [0.4, 0.5) is 0 Å². The van der Waals surface area contributed by atoms with E-state index in [1.165, 1.54) is 88.2 Å². The summed E-state index contributed by atoms with van der Waals surface area (Å²) < 4.78 is 13.9. The van der Waals surface area contributed by atoms with Crippen molar-refractivity contribution in [1.82, 2.24) is 22.3 Å². The summed E-state index contributed by atoms with van der Waals surface area (Å²) in [5.74, 6) is -13.3. The largest absolute Gasteiger partial charge is 0.516 e. The van der Waals surface area contributed by atoms with Crippen LogP contribution in [-0.4, -0.2) is 202 Å². The Labute approximate surface area is 605 Å². The molecule has 104 heavy (non-hydrogen) atoms. The summed E-state index contributed by atoms with van der Waals surface area (Å²) in [5, 5.41) is 147. The molecule has 0 radical (unpaired) electrons. The molecule has 0 spiro atoms. The summed E-state index contributed by atoms with van der Waals surface area (Å²) in [7, 11) is 4.12. The Balaban J connectivity index is -0.000000103. The predicted octanol–water partition coefficient (Wildman–Crippen LogP) is 7.84. The first-order valence-electron chi connectivity index (χ1n) is 24.7. The van der Waals surface area contributed by atoms with Gasteiger partial charge < -0.3 is 113 Å². The number of methoxy groups -OCH3 is 3. The number of hydrogen-bond acceptors (Lipinski definition) is 31. The van der Waals surface area contributed by atoms with E-state index in [1.54, 1.807) is 17.5 Å². The zero-order chi connectivity index (χ0) is 76.6. The molecule has 0 aliphatic heterocycles. The SMILES string of the molecule is C.C.CC=S.CO/C=C(/C=C/O)C(=O)O.COc1cc(C(=O)O)ccc1O.COc1cc(C=O)ccc1O.Cl.Cl.N.N.O=C(O)C(=O)C=CC(=CO)C(=O)O.O=C(O)c1ccc(O)c(O)c1.O=C(O)c1ccc(O)c(O)c1.O=C(O)c1ccccn1.O=C(O)c1ccnc(C(=O)O)c1.O=C=O.O=C=O. The molecule has 0 aliphatic carbocycles. The van der Waals surface area contributed by atoms with Gasteiger partial charge in [-0.1, -0.05) is 33.1 Å². The van der Waals surface area contributed by atoms with E-state index in [-0.39, 0.29) is 138 Å². The highest BCUT2D eigenvalue weighted by molar-refractivity contribution is 7.78. The van der Waals surface area contributed by atoms with Gasteiger partial charge >= 0.3 is 66.0 Å². The van der Waals surface area contributed by atoms with Crippen LogP contribution in [0.1, 0.15) is 94.5 Å². The second kappa shape index (κ2) is 67.4. The zero-order valence-corrected chi connectivity index (χ0v) is 55.0. The highest BCUT2D eigenvalue weighted by atomic mass is 35.5. The van der Waals surface area contributed by atoms with Gasteiger partial charge in [0.15, 0.2) is 46.0 Å². The molecule has 42 heteroatoms. The number of carboxylic acids is 9. The van der Waals surface area contributed by atoms with E-state index < -0.39 is 76.6 Å². The molecular formula is C62H72Cl2N4O35S. The second-order valence-electron chi connectivity index (χ2n) is 15.5. The number of carbonyl (C=O) groups is 11. The Hall–Kier alpha value is -14.1. The number of halogens is 2. The summed E-state index contributed by atoms with van der Waals surface area (Å²) in [4.78, 5) is 152. The lowest BCUT2D eigenvalue weighted by molar-refractivity contribution is -0.193. The molecule has 0 unspecified atom stereocenters. The molecule has 6 aromatic rings. The quantitative estimate of drug-likeness (QED) is 0.00834. The maximum atomic E-state index is 10.4. The minimum atomic E-state index is -1.70. The summed E-state index contributed by atoms with van der Waals surface area (Å²) in [6.45, 7) is 1.81. The number of carboxylic acid groups (broad SMARTS) is 9. The Bertz CT molecular complexity index is 3750. The number of thiocarbonyl (C=S) groups is 1. The smallest absolute Gasteiger partial charge is 0.376 e. The Morgan fingerprint density at radius 2 is 0.808 bits per heavy atom. The number of phenolic OH excluding ortho intramolecular Hbond substituents is 6. The maximum Gasteiger partial charge on any atom is 0.376 e. The van der Waals surface area contributed by atoms with E-state index in [1.807, 2.05) is 6.92 Å². The summed E-state index contributed by atoms with van der Waals surface area (Å²) in [5.41, 5.74) is -0.487. The molecule has 570 valence electrons. The van der Waals surface area contributed by atoms with Crippen molar-refractivity contribution in [2.45, 2.75) is 21.8 Å². The Morgan fingerprint density at radius 3 is 1.11 bits per heavy atom. The third-order valence-electron chi connectivity index (χ3n) is 9.08. The van der Waals surface area contributed by atoms with Crippen LogP contribution in [0.2, 0.25) is 0 Å². The van der Waals surface area contributed by atoms with Crippen molar-refractivity contribution in [2.75, 3.05) is 21.3 Å². The first kappa shape index (κ1) is 114. The fourth-order valence-electron chi connectivity index (χ4n) is 4.84. The predicted molar refractivity (Wildman–Crippen MR) is 366 cm³/mol. The van der Waals surface area contributed by atoms with E-state index in [0.717, 1.165) is 48.9 Å². The number of aliphatic hydroxyl groups is 2. The fourth-order valence-corrected chi connectivity index (χ4v) is 4.84. The molecule has 0 saturated heterocycles. The van der Waals surface area contributed by atoms with Gasteiger partial charge in [-0.3, -0.25) is 9.59 Å². The van der Waals surface area contributed by atoms with Crippen molar-refractivity contribution < 1.29 is 173 Å². The lowest BCUT2D eigenvalue weighted by atomic mass is 10.2. The van der Waals surface area contributed by atoms with Crippen LogP contribution in [0.15, 0.2) is 164 Å². The molecule has 23 N–H and O–H groups in total. The molecule has 0 bridgehead atoms. The number of aromatic nitrogens is 2. The van der Waals surface area contributed by atoms with Crippen LogP contribution in [0.3, 0.4) is 0 Å². The molecule has 0 amide bonds. The highest BCUT2D eigenvalue weighted by Gasteiger charge is 2.12. The average molecular weight is 1540 g/mol. The number of rotatable bonds is 16. The van der Waals surface area contributed by atoms with Gasteiger partial charge in [-0.15, -0.1) is 24.8 Å². The third-order valence-corrected chi connectivity index (χ3v) is 9.08. The van der Waals surface area contributed by atoms with Crippen LogP contribution < -0.4 is 21.8 Å². The van der Waals surface area contributed by atoms with E-state index in [9.17, 15) is 52.7 Å².